The first-order chi connectivity index (χ1) is 12.5. The largest absolute Gasteiger partial charge is 0.312 e. The molecular formula is C18H23N5O3. The second kappa shape index (κ2) is 7.65. The molecule has 0 saturated carbocycles. The van der Waals surface area contributed by atoms with E-state index in [2.05, 4.69) is 10.5 Å². The quantitative estimate of drug-likeness (QED) is 0.656. The zero-order valence-electron chi connectivity index (χ0n) is 15.1. The van der Waals surface area contributed by atoms with E-state index in [1.54, 1.807) is 30.7 Å². The summed E-state index contributed by atoms with van der Waals surface area (Å²) in [6.07, 6.45) is 3.42. The van der Waals surface area contributed by atoms with E-state index < -0.39 is 4.92 Å². The minimum absolute atomic E-state index is 0.0579. The second-order valence-electron chi connectivity index (χ2n) is 6.62. The molecule has 1 N–H and O–H groups in total. The molecule has 1 saturated heterocycles. The number of carbonyl (C=O) groups is 1. The van der Waals surface area contributed by atoms with Crippen LogP contribution in [0.5, 0.6) is 0 Å². The third kappa shape index (κ3) is 3.91. The van der Waals surface area contributed by atoms with Gasteiger partial charge in [-0.3, -0.25) is 25.0 Å². The van der Waals surface area contributed by atoms with Crippen LogP contribution in [-0.2, 0) is 6.54 Å². The number of benzene rings is 1. The van der Waals surface area contributed by atoms with Crippen LogP contribution >= 0.6 is 0 Å². The van der Waals surface area contributed by atoms with E-state index in [4.69, 9.17) is 0 Å². The summed E-state index contributed by atoms with van der Waals surface area (Å²) >= 11 is 0. The molecule has 0 spiro atoms. The number of piperidine rings is 1. The minimum atomic E-state index is -0.401. The lowest BCUT2D eigenvalue weighted by atomic mass is 10.1. The molecule has 0 radical (unpaired) electrons. The maximum Gasteiger partial charge on any atom is 0.312 e. The third-order valence-electron chi connectivity index (χ3n) is 4.69. The second-order valence-corrected chi connectivity index (χ2v) is 6.62. The first-order valence-electron chi connectivity index (χ1n) is 8.79. The molecule has 1 aromatic carbocycles. The van der Waals surface area contributed by atoms with E-state index in [0.29, 0.717) is 23.5 Å². The highest BCUT2D eigenvalue weighted by atomic mass is 16.6. The van der Waals surface area contributed by atoms with Gasteiger partial charge in [-0.2, -0.15) is 5.10 Å². The van der Waals surface area contributed by atoms with Crippen molar-refractivity contribution < 1.29 is 9.72 Å². The Morgan fingerprint density at radius 3 is 2.42 bits per heavy atom. The summed E-state index contributed by atoms with van der Waals surface area (Å²) in [7, 11) is 0. The first-order valence-corrected chi connectivity index (χ1v) is 8.79. The number of nitrogens with zero attached hydrogens (tertiary/aromatic N) is 4. The van der Waals surface area contributed by atoms with Gasteiger partial charge in [0.15, 0.2) is 0 Å². The molecule has 1 aromatic heterocycles. The van der Waals surface area contributed by atoms with E-state index in [9.17, 15) is 14.9 Å². The summed E-state index contributed by atoms with van der Waals surface area (Å²) in [6, 6.07) is 7.25. The summed E-state index contributed by atoms with van der Waals surface area (Å²) in [5.74, 6) is -0.111. The van der Waals surface area contributed by atoms with Gasteiger partial charge in [0.25, 0.3) is 5.91 Å². The summed E-state index contributed by atoms with van der Waals surface area (Å²) in [5.41, 5.74) is 5.46. The van der Waals surface area contributed by atoms with Gasteiger partial charge in [0.2, 0.25) is 0 Å². The summed E-state index contributed by atoms with van der Waals surface area (Å²) < 4.78 is 1.62. The standard InChI is InChI=1S/C18H23N5O3/c1-13-17(23(25)26)14(2)22(19-13)12-15-6-8-16(9-7-15)18(24)20-21-10-4-3-5-11-21/h6-9H,3-5,10-12H2,1-2H3,(H,20,24). The maximum atomic E-state index is 12.3. The Kier molecular flexibility index (Phi) is 5.32. The van der Waals surface area contributed by atoms with Crippen LogP contribution in [0.2, 0.25) is 0 Å². The maximum absolute atomic E-state index is 12.3. The monoisotopic (exact) mass is 357 g/mol. The van der Waals surface area contributed by atoms with Crippen molar-refractivity contribution in [3.63, 3.8) is 0 Å². The van der Waals surface area contributed by atoms with Crippen molar-refractivity contribution >= 4 is 11.6 Å². The molecule has 0 unspecified atom stereocenters. The molecule has 26 heavy (non-hydrogen) atoms. The fourth-order valence-electron chi connectivity index (χ4n) is 3.25. The first kappa shape index (κ1) is 18.1. The minimum Gasteiger partial charge on any atom is -0.285 e. The molecule has 0 bridgehead atoms. The van der Waals surface area contributed by atoms with E-state index in [1.165, 1.54) is 6.42 Å². The van der Waals surface area contributed by atoms with Gasteiger partial charge in [-0.1, -0.05) is 18.6 Å². The number of carbonyl (C=O) groups excluding carboxylic acids is 1. The topological polar surface area (TPSA) is 93.3 Å². The molecule has 1 fully saturated rings. The predicted octanol–water partition coefficient (Wildman–Crippen LogP) is 2.59. The highest BCUT2D eigenvalue weighted by Gasteiger charge is 2.21. The number of hydrogen-bond acceptors (Lipinski definition) is 5. The Hall–Kier alpha value is -2.74. The van der Waals surface area contributed by atoms with Crippen molar-refractivity contribution in [3.05, 3.63) is 56.9 Å². The lowest BCUT2D eigenvalue weighted by Gasteiger charge is -2.26. The van der Waals surface area contributed by atoms with Crippen molar-refractivity contribution in [2.45, 2.75) is 39.7 Å². The average Bonchev–Trinajstić information content (AvgIpc) is 2.90. The van der Waals surface area contributed by atoms with Crippen LogP contribution in [0, 0.1) is 24.0 Å². The number of rotatable bonds is 5. The van der Waals surface area contributed by atoms with Gasteiger partial charge in [-0.15, -0.1) is 0 Å². The van der Waals surface area contributed by atoms with Gasteiger partial charge < -0.3 is 0 Å². The SMILES string of the molecule is Cc1nn(Cc2ccc(C(=O)NN3CCCCC3)cc2)c(C)c1[N+](=O)[O-]. The summed E-state index contributed by atoms with van der Waals surface area (Å²) in [5, 5.41) is 17.3. The molecule has 8 heteroatoms. The van der Waals surface area contributed by atoms with Gasteiger partial charge in [0, 0.05) is 18.7 Å². The molecule has 1 aliphatic heterocycles. The normalized spacial score (nSPS) is 15.0. The molecule has 2 heterocycles. The van der Waals surface area contributed by atoms with Gasteiger partial charge in [-0.05, 0) is 44.4 Å². The number of aryl methyl sites for hydroxylation is 1. The van der Waals surface area contributed by atoms with Gasteiger partial charge in [0.1, 0.15) is 11.4 Å². The Bertz CT molecular complexity index is 807. The van der Waals surface area contributed by atoms with Crippen molar-refractivity contribution in [3.8, 4) is 0 Å². The van der Waals surface area contributed by atoms with Gasteiger partial charge in [-0.25, -0.2) is 5.01 Å². The third-order valence-corrected chi connectivity index (χ3v) is 4.69. The molecular weight excluding hydrogens is 334 g/mol. The number of hydrogen-bond donors (Lipinski definition) is 1. The number of amides is 1. The zero-order chi connectivity index (χ0) is 18.7. The lowest BCUT2D eigenvalue weighted by molar-refractivity contribution is -0.386. The average molecular weight is 357 g/mol. The Labute approximate surface area is 151 Å². The Morgan fingerprint density at radius 1 is 1.19 bits per heavy atom. The molecule has 1 aliphatic rings. The highest BCUT2D eigenvalue weighted by molar-refractivity contribution is 5.93. The van der Waals surface area contributed by atoms with E-state index in [0.717, 1.165) is 31.5 Å². The van der Waals surface area contributed by atoms with E-state index >= 15 is 0 Å². The van der Waals surface area contributed by atoms with Crippen molar-refractivity contribution in [2.75, 3.05) is 13.1 Å². The summed E-state index contributed by atoms with van der Waals surface area (Å²) in [4.78, 5) is 23.0. The highest BCUT2D eigenvalue weighted by Crippen LogP contribution is 2.22. The molecule has 8 nitrogen and oxygen atoms in total. The van der Waals surface area contributed by atoms with E-state index in [1.807, 2.05) is 17.1 Å². The smallest absolute Gasteiger partial charge is 0.285 e. The molecule has 0 atom stereocenters. The van der Waals surface area contributed by atoms with E-state index in [-0.39, 0.29) is 11.6 Å². The van der Waals surface area contributed by atoms with Crippen LogP contribution in [0.15, 0.2) is 24.3 Å². The van der Waals surface area contributed by atoms with Crippen LogP contribution in [-0.4, -0.2) is 38.7 Å². The Balaban J connectivity index is 1.67. The number of aromatic nitrogens is 2. The molecule has 2 aromatic rings. The molecule has 138 valence electrons. The van der Waals surface area contributed by atoms with Crippen LogP contribution in [0.4, 0.5) is 5.69 Å². The van der Waals surface area contributed by atoms with Crippen molar-refractivity contribution in [1.29, 1.82) is 0 Å². The molecule has 3 rings (SSSR count). The molecule has 1 amide bonds. The fraction of sp³-hybridized carbons (Fsp3) is 0.444. The number of nitrogens with one attached hydrogen (secondary N) is 1. The van der Waals surface area contributed by atoms with Crippen molar-refractivity contribution in [2.24, 2.45) is 0 Å². The Morgan fingerprint density at radius 2 is 1.85 bits per heavy atom. The summed E-state index contributed by atoms with van der Waals surface area (Å²) in [6.45, 7) is 5.53. The lowest BCUT2D eigenvalue weighted by Crippen LogP contribution is -2.45. The van der Waals surface area contributed by atoms with Crippen LogP contribution < -0.4 is 5.43 Å². The zero-order valence-corrected chi connectivity index (χ0v) is 15.1. The van der Waals surface area contributed by atoms with Crippen LogP contribution in [0.1, 0.15) is 46.6 Å². The van der Waals surface area contributed by atoms with Gasteiger partial charge >= 0.3 is 5.69 Å². The van der Waals surface area contributed by atoms with Gasteiger partial charge in [0.05, 0.1) is 11.5 Å². The fourth-order valence-corrected chi connectivity index (χ4v) is 3.25. The van der Waals surface area contributed by atoms with Crippen LogP contribution in [0.25, 0.3) is 0 Å². The predicted molar refractivity (Wildman–Crippen MR) is 96.8 cm³/mol. The van der Waals surface area contributed by atoms with Crippen molar-refractivity contribution in [1.82, 2.24) is 20.2 Å². The number of nitro groups is 1. The van der Waals surface area contributed by atoms with Crippen LogP contribution in [0.3, 0.4) is 0 Å². The number of hydrazine groups is 1. The molecule has 0 aliphatic carbocycles.